The fourth-order valence-electron chi connectivity index (χ4n) is 2.29. The zero-order valence-electron chi connectivity index (χ0n) is 10.8. The Balaban J connectivity index is 2.74. The Hall–Kier alpha value is -1.26. The monoisotopic (exact) mass is 242 g/mol. The van der Waals surface area contributed by atoms with Crippen LogP contribution in [0.5, 0.6) is 0 Å². The van der Waals surface area contributed by atoms with Crippen LogP contribution >= 0.6 is 0 Å². The van der Waals surface area contributed by atoms with Crippen LogP contribution in [0.15, 0.2) is 0 Å². The summed E-state index contributed by atoms with van der Waals surface area (Å²) in [7, 11) is 0. The zero-order chi connectivity index (χ0) is 13.1. The number of carboxylic acid groups (broad SMARTS) is 1. The van der Waals surface area contributed by atoms with Crippen molar-refractivity contribution in [3.8, 4) is 0 Å². The summed E-state index contributed by atoms with van der Waals surface area (Å²) in [4.78, 5) is 25.1. The maximum atomic E-state index is 12.0. The summed E-state index contributed by atoms with van der Waals surface area (Å²) in [5.74, 6) is -0.956. The highest BCUT2D eigenvalue weighted by molar-refractivity contribution is 5.86. The second-order valence-corrected chi connectivity index (χ2v) is 4.71. The van der Waals surface area contributed by atoms with Crippen LogP contribution in [-0.2, 0) is 4.79 Å². The van der Waals surface area contributed by atoms with E-state index in [2.05, 4.69) is 5.32 Å². The Morgan fingerprint density at radius 1 is 1.41 bits per heavy atom. The molecule has 5 heteroatoms. The van der Waals surface area contributed by atoms with E-state index in [0.29, 0.717) is 12.8 Å². The van der Waals surface area contributed by atoms with Crippen LogP contribution in [0.25, 0.3) is 0 Å². The molecule has 2 N–H and O–H groups in total. The molecular weight excluding hydrogens is 220 g/mol. The predicted octanol–water partition coefficient (Wildman–Crippen LogP) is 1.82. The fraction of sp³-hybridized carbons (Fsp3) is 0.833. The molecule has 1 fully saturated rings. The van der Waals surface area contributed by atoms with Crippen molar-refractivity contribution in [3.63, 3.8) is 0 Å². The minimum Gasteiger partial charge on any atom is -0.480 e. The highest BCUT2D eigenvalue weighted by Crippen LogP contribution is 2.20. The van der Waals surface area contributed by atoms with Crippen molar-refractivity contribution in [1.29, 1.82) is 0 Å². The van der Waals surface area contributed by atoms with Gasteiger partial charge in [-0.1, -0.05) is 13.8 Å². The first-order valence-corrected chi connectivity index (χ1v) is 6.29. The molecule has 1 heterocycles. The van der Waals surface area contributed by atoms with Gasteiger partial charge >= 0.3 is 12.0 Å². The Morgan fingerprint density at radius 2 is 2.00 bits per heavy atom. The van der Waals surface area contributed by atoms with Crippen molar-refractivity contribution in [3.05, 3.63) is 0 Å². The van der Waals surface area contributed by atoms with E-state index in [9.17, 15) is 14.7 Å². The van der Waals surface area contributed by atoms with Gasteiger partial charge in [0, 0.05) is 12.6 Å². The van der Waals surface area contributed by atoms with Crippen molar-refractivity contribution in [2.24, 2.45) is 0 Å². The van der Waals surface area contributed by atoms with Gasteiger partial charge in [0.15, 0.2) is 0 Å². The van der Waals surface area contributed by atoms with Crippen LogP contribution in [-0.4, -0.2) is 40.1 Å². The summed E-state index contributed by atoms with van der Waals surface area (Å²) < 4.78 is 0. The summed E-state index contributed by atoms with van der Waals surface area (Å²) in [6.07, 6.45) is 2.78. The zero-order valence-corrected chi connectivity index (χ0v) is 10.8. The number of likely N-dealkylation sites (tertiary alicyclic amines) is 1. The molecule has 1 saturated heterocycles. The molecule has 0 bridgehead atoms. The van der Waals surface area contributed by atoms with Crippen LogP contribution in [0.2, 0.25) is 0 Å². The molecule has 1 aliphatic heterocycles. The average molecular weight is 242 g/mol. The topological polar surface area (TPSA) is 69.6 Å². The normalized spacial score (nSPS) is 20.4. The molecule has 0 aromatic heterocycles. The van der Waals surface area contributed by atoms with Crippen LogP contribution in [0.1, 0.15) is 46.5 Å². The summed E-state index contributed by atoms with van der Waals surface area (Å²) in [6, 6.07) is -0.0451. The standard InChI is InChI=1S/C12H22N2O3/c1-4-12(5-2,10(15)16)13-11(17)14-8-6-7-9(14)3/h9H,4-8H2,1-3H3,(H,13,17)(H,15,16). The largest absolute Gasteiger partial charge is 0.480 e. The molecule has 1 aliphatic rings. The number of nitrogens with one attached hydrogen (secondary N) is 1. The van der Waals surface area contributed by atoms with Gasteiger partial charge in [0.25, 0.3) is 0 Å². The second-order valence-electron chi connectivity index (χ2n) is 4.71. The summed E-state index contributed by atoms with van der Waals surface area (Å²) in [6.45, 7) is 6.28. The van der Waals surface area contributed by atoms with Gasteiger partial charge in [-0.3, -0.25) is 0 Å². The lowest BCUT2D eigenvalue weighted by atomic mass is 9.93. The van der Waals surface area contributed by atoms with Crippen molar-refractivity contribution >= 4 is 12.0 Å². The predicted molar refractivity (Wildman–Crippen MR) is 64.9 cm³/mol. The van der Waals surface area contributed by atoms with Crippen LogP contribution in [0.3, 0.4) is 0 Å². The van der Waals surface area contributed by atoms with E-state index in [1.807, 2.05) is 6.92 Å². The third-order valence-electron chi connectivity index (χ3n) is 3.78. The van der Waals surface area contributed by atoms with Crippen molar-refractivity contribution < 1.29 is 14.7 Å². The lowest BCUT2D eigenvalue weighted by molar-refractivity contribution is -0.144. The lowest BCUT2D eigenvalue weighted by Gasteiger charge is -2.32. The van der Waals surface area contributed by atoms with Gasteiger partial charge in [0.1, 0.15) is 5.54 Å². The number of hydrogen-bond donors (Lipinski definition) is 2. The smallest absolute Gasteiger partial charge is 0.329 e. The first kappa shape index (κ1) is 13.8. The molecule has 0 radical (unpaired) electrons. The number of hydrogen-bond acceptors (Lipinski definition) is 2. The third kappa shape index (κ3) is 2.70. The Bertz CT molecular complexity index is 300. The lowest BCUT2D eigenvalue weighted by Crippen LogP contribution is -2.57. The van der Waals surface area contributed by atoms with Gasteiger partial charge < -0.3 is 15.3 Å². The molecule has 0 aliphatic carbocycles. The number of carbonyl (C=O) groups excluding carboxylic acids is 1. The average Bonchev–Trinajstić information content (AvgIpc) is 2.72. The molecule has 98 valence electrons. The van der Waals surface area contributed by atoms with Crippen LogP contribution in [0, 0.1) is 0 Å². The van der Waals surface area contributed by atoms with Gasteiger partial charge in [0.2, 0.25) is 0 Å². The third-order valence-corrected chi connectivity index (χ3v) is 3.78. The fourth-order valence-corrected chi connectivity index (χ4v) is 2.29. The summed E-state index contributed by atoms with van der Waals surface area (Å²) in [5, 5.41) is 11.9. The molecule has 0 aromatic rings. The maximum Gasteiger partial charge on any atom is 0.329 e. The minimum atomic E-state index is -1.13. The quantitative estimate of drug-likeness (QED) is 0.790. The summed E-state index contributed by atoms with van der Waals surface area (Å²) in [5.41, 5.74) is -1.13. The van der Waals surface area contributed by atoms with Gasteiger partial charge in [-0.2, -0.15) is 0 Å². The Morgan fingerprint density at radius 3 is 2.35 bits per heavy atom. The Labute approximate surface area is 102 Å². The van der Waals surface area contributed by atoms with E-state index in [1.165, 1.54) is 0 Å². The maximum absolute atomic E-state index is 12.0. The molecule has 0 saturated carbocycles. The van der Waals surface area contributed by atoms with Crippen molar-refractivity contribution in [2.75, 3.05) is 6.54 Å². The van der Waals surface area contributed by atoms with Gasteiger partial charge in [-0.15, -0.1) is 0 Å². The number of urea groups is 1. The number of nitrogens with zero attached hydrogens (tertiary/aromatic N) is 1. The minimum absolute atomic E-state index is 0.204. The Kier molecular flexibility index (Phi) is 4.37. The number of aliphatic carboxylic acids is 1. The van der Waals surface area contributed by atoms with Crippen LogP contribution in [0.4, 0.5) is 4.79 Å². The second kappa shape index (κ2) is 5.38. The molecule has 0 aromatic carbocycles. The van der Waals surface area contributed by atoms with E-state index in [-0.39, 0.29) is 12.1 Å². The van der Waals surface area contributed by atoms with Crippen LogP contribution < -0.4 is 5.32 Å². The molecule has 17 heavy (non-hydrogen) atoms. The SMILES string of the molecule is CCC(CC)(NC(=O)N1CCCC1C)C(=O)O. The highest BCUT2D eigenvalue weighted by atomic mass is 16.4. The van der Waals surface area contributed by atoms with Gasteiger partial charge in [-0.05, 0) is 32.6 Å². The van der Waals surface area contributed by atoms with E-state index in [4.69, 9.17) is 0 Å². The summed E-state index contributed by atoms with van der Waals surface area (Å²) >= 11 is 0. The van der Waals surface area contributed by atoms with E-state index < -0.39 is 11.5 Å². The number of rotatable bonds is 4. The molecule has 0 spiro atoms. The first-order chi connectivity index (χ1) is 7.96. The molecular formula is C12H22N2O3. The van der Waals surface area contributed by atoms with E-state index in [1.54, 1.807) is 18.7 Å². The van der Waals surface area contributed by atoms with Crippen molar-refractivity contribution in [2.45, 2.75) is 58.0 Å². The molecule has 1 atom stereocenters. The molecule has 1 rings (SSSR count). The number of carboxylic acids is 1. The van der Waals surface area contributed by atoms with Gasteiger partial charge in [0.05, 0.1) is 0 Å². The van der Waals surface area contributed by atoms with Gasteiger partial charge in [-0.25, -0.2) is 9.59 Å². The first-order valence-electron chi connectivity index (χ1n) is 6.29. The number of carbonyl (C=O) groups is 2. The highest BCUT2D eigenvalue weighted by Gasteiger charge is 2.38. The molecule has 5 nitrogen and oxygen atoms in total. The molecule has 2 amide bonds. The van der Waals surface area contributed by atoms with E-state index >= 15 is 0 Å². The molecule has 1 unspecified atom stereocenters. The van der Waals surface area contributed by atoms with Crippen molar-refractivity contribution in [1.82, 2.24) is 10.2 Å². The van der Waals surface area contributed by atoms with E-state index in [0.717, 1.165) is 19.4 Å². The number of amides is 2.